The molecular formula is C28H36Cl2F3N3O4. The Bertz CT molecular complexity index is 1050. The minimum Gasteiger partial charge on any atom is -0.378 e. The van der Waals surface area contributed by atoms with Crippen molar-refractivity contribution in [3.05, 3.63) is 69.7 Å². The largest absolute Gasteiger partial charge is 0.522 e. The van der Waals surface area contributed by atoms with Gasteiger partial charge in [0, 0.05) is 32.7 Å². The van der Waals surface area contributed by atoms with E-state index >= 15 is 0 Å². The van der Waals surface area contributed by atoms with Crippen LogP contribution in [0.25, 0.3) is 0 Å². The van der Waals surface area contributed by atoms with E-state index in [2.05, 4.69) is 15.0 Å². The summed E-state index contributed by atoms with van der Waals surface area (Å²) in [6, 6.07) is 15.5. The molecule has 0 bridgehead atoms. The number of likely N-dealkylation sites (tertiary alicyclic amines) is 1. The Hall–Kier alpha value is -1.92. The zero-order chi connectivity index (χ0) is 29.0. The predicted octanol–water partition coefficient (Wildman–Crippen LogP) is 4.97. The molecule has 0 aliphatic carbocycles. The number of hydrogen-bond donors (Lipinski definition) is 1. The molecule has 0 spiro atoms. The van der Waals surface area contributed by atoms with Gasteiger partial charge in [0.25, 0.3) is 0 Å². The summed E-state index contributed by atoms with van der Waals surface area (Å²) in [6.07, 6.45) is -3.43. The molecule has 1 aliphatic rings. The highest BCUT2D eigenvalue weighted by Gasteiger charge is 2.29. The molecule has 1 aliphatic heterocycles. The zero-order valence-corrected chi connectivity index (χ0v) is 24.0. The van der Waals surface area contributed by atoms with Crippen LogP contribution in [-0.4, -0.2) is 94.4 Å². The van der Waals surface area contributed by atoms with Crippen molar-refractivity contribution in [2.75, 3.05) is 66.3 Å². The van der Waals surface area contributed by atoms with E-state index in [0.29, 0.717) is 42.4 Å². The quantitative estimate of drug-likeness (QED) is 0.273. The molecule has 3 rings (SSSR count). The molecule has 1 heterocycles. The van der Waals surface area contributed by atoms with Gasteiger partial charge in [0.05, 0.1) is 55.5 Å². The van der Waals surface area contributed by atoms with Crippen LogP contribution in [0.3, 0.4) is 0 Å². The highest BCUT2D eigenvalue weighted by molar-refractivity contribution is 6.42. The highest BCUT2D eigenvalue weighted by atomic mass is 35.5. The van der Waals surface area contributed by atoms with Gasteiger partial charge in [-0.1, -0.05) is 59.6 Å². The number of alkyl halides is 3. The van der Waals surface area contributed by atoms with Gasteiger partial charge in [-0.05, 0) is 36.2 Å². The van der Waals surface area contributed by atoms with Crippen molar-refractivity contribution in [2.45, 2.75) is 31.3 Å². The molecule has 40 heavy (non-hydrogen) atoms. The van der Waals surface area contributed by atoms with Crippen LogP contribution in [0.2, 0.25) is 10.0 Å². The Morgan fingerprint density at radius 2 is 1.75 bits per heavy atom. The lowest BCUT2D eigenvalue weighted by atomic mass is 10.0. The maximum Gasteiger partial charge on any atom is 0.522 e. The molecular weight excluding hydrogens is 570 g/mol. The van der Waals surface area contributed by atoms with Gasteiger partial charge in [-0.2, -0.15) is 0 Å². The zero-order valence-electron chi connectivity index (χ0n) is 22.5. The summed E-state index contributed by atoms with van der Waals surface area (Å²) >= 11 is 12.2. The average Bonchev–Trinajstić information content (AvgIpc) is 3.37. The maximum absolute atomic E-state index is 13.2. The first kappa shape index (κ1) is 32.6. The number of benzene rings is 2. The van der Waals surface area contributed by atoms with E-state index in [1.165, 1.54) is 0 Å². The lowest BCUT2D eigenvalue weighted by molar-refractivity contribution is -0.327. The van der Waals surface area contributed by atoms with E-state index in [-0.39, 0.29) is 31.6 Å². The fraction of sp³-hybridized carbons (Fsp3) is 0.536. The van der Waals surface area contributed by atoms with E-state index in [1.54, 1.807) is 12.1 Å². The van der Waals surface area contributed by atoms with Gasteiger partial charge in [0.15, 0.2) is 0 Å². The summed E-state index contributed by atoms with van der Waals surface area (Å²) in [7, 11) is 1.84. The van der Waals surface area contributed by atoms with Gasteiger partial charge in [-0.25, -0.2) is 0 Å². The van der Waals surface area contributed by atoms with Gasteiger partial charge in [0.2, 0.25) is 5.91 Å². The first-order valence-corrected chi connectivity index (χ1v) is 13.9. The number of nitrogens with zero attached hydrogens (tertiary/aromatic N) is 2. The number of likely N-dealkylation sites (N-methyl/N-ethyl adjacent to an activating group) is 1. The monoisotopic (exact) mass is 605 g/mol. The molecule has 1 fully saturated rings. The van der Waals surface area contributed by atoms with Crippen LogP contribution in [0.4, 0.5) is 13.2 Å². The van der Waals surface area contributed by atoms with E-state index in [1.807, 2.05) is 48.3 Å². The smallest absolute Gasteiger partial charge is 0.378 e. The Kier molecular flexibility index (Phi) is 13.4. The number of hydrogen-bond acceptors (Lipinski definition) is 6. The van der Waals surface area contributed by atoms with Crippen LogP contribution in [0.1, 0.15) is 23.6 Å². The van der Waals surface area contributed by atoms with Gasteiger partial charge in [-0.3, -0.25) is 14.4 Å². The van der Waals surface area contributed by atoms with Crippen molar-refractivity contribution in [1.29, 1.82) is 0 Å². The van der Waals surface area contributed by atoms with E-state index in [9.17, 15) is 18.0 Å². The lowest BCUT2D eigenvalue weighted by Crippen LogP contribution is -2.41. The van der Waals surface area contributed by atoms with Crippen molar-refractivity contribution < 1.29 is 32.2 Å². The Labute approximate surface area is 243 Å². The summed E-state index contributed by atoms with van der Waals surface area (Å²) < 4.78 is 49.9. The van der Waals surface area contributed by atoms with Crippen molar-refractivity contribution in [1.82, 2.24) is 15.1 Å². The minimum absolute atomic E-state index is 0.00452. The van der Waals surface area contributed by atoms with E-state index in [0.717, 1.165) is 30.6 Å². The van der Waals surface area contributed by atoms with Crippen LogP contribution in [0.15, 0.2) is 48.5 Å². The van der Waals surface area contributed by atoms with Crippen LogP contribution < -0.4 is 5.32 Å². The molecule has 0 radical (unpaired) electrons. The average molecular weight is 607 g/mol. The van der Waals surface area contributed by atoms with E-state index < -0.39 is 13.0 Å². The topological polar surface area (TPSA) is 63.3 Å². The first-order valence-electron chi connectivity index (χ1n) is 13.2. The standard InChI is InChI=1S/C28H36Cl2F3N3O4/c1-35(27(37)18-21-7-8-24(29)25(30)17-21)26(22-5-3-2-4-6-22)20-36-11-9-23(19-36)34-10-12-38-13-14-39-15-16-40-28(31,32)33/h2-8,17,23,26,34H,9-16,18-20H2,1H3/t23-,26+/m0/s1. The molecule has 0 saturated carbocycles. The summed E-state index contributed by atoms with van der Waals surface area (Å²) in [6.45, 7) is 3.41. The Morgan fingerprint density at radius 1 is 1.05 bits per heavy atom. The fourth-order valence-corrected chi connectivity index (χ4v) is 4.85. The molecule has 12 heteroatoms. The normalized spacial score (nSPS) is 16.8. The van der Waals surface area contributed by atoms with Crippen LogP contribution >= 0.6 is 23.2 Å². The molecule has 222 valence electrons. The van der Waals surface area contributed by atoms with Crippen molar-refractivity contribution in [3.63, 3.8) is 0 Å². The van der Waals surface area contributed by atoms with Crippen molar-refractivity contribution >= 4 is 29.1 Å². The number of ether oxygens (including phenoxy) is 3. The van der Waals surface area contributed by atoms with Crippen molar-refractivity contribution in [2.24, 2.45) is 0 Å². The third-order valence-electron chi connectivity index (χ3n) is 6.63. The van der Waals surface area contributed by atoms with Crippen LogP contribution in [-0.2, 0) is 25.4 Å². The predicted molar refractivity (Wildman–Crippen MR) is 149 cm³/mol. The van der Waals surface area contributed by atoms with E-state index in [4.69, 9.17) is 32.7 Å². The molecule has 1 amide bonds. The Morgan fingerprint density at radius 3 is 2.45 bits per heavy atom. The molecule has 0 unspecified atom stereocenters. The molecule has 1 saturated heterocycles. The third-order valence-corrected chi connectivity index (χ3v) is 7.37. The lowest BCUT2D eigenvalue weighted by Gasteiger charge is -2.32. The molecule has 2 aromatic rings. The van der Waals surface area contributed by atoms with Crippen LogP contribution in [0.5, 0.6) is 0 Å². The fourth-order valence-electron chi connectivity index (χ4n) is 4.53. The van der Waals surface area contributed by atoms with Crippen LogP contribution in [0, 0.1) is 0 Å². The molecule has 1 N–H and O–H groups in total. The maximum atomic E-state index is 13.2. The second-order valence-corrected chi connectivity index (χ2v) is 10.4. The number of halogens is 5. The third kappa shape index (κ3) is 11.5. The second-order valence-electron chi connectivity index (χ2n) is 9.57. The Balaban J connectivity index is 1.40. The number of nitrogens with one attached hydrogen (secondary N) is 1. The molecule has 2 aromatic carbocycles. The summed E-state index contributed by atoms with van der Waals surface area (Å²) in [5.74, 6) is -0.00452. The first-order chi connectivity index (χ1) is 19.1. The van der Waals surface area contributed by atoms with Gasteiger partial charge < -0.3 is 19.7 Å². The SMILES string of the molecule is CN(C(=O)Cc1ccc(Cl)c(Cl)c1)[C@H](CN1CC[C@H](NCCOCCOCCOC(F)(F)F)C1)c1ccccc1. The minimum atomic E-state index is -4.63. The molecule has 7 nitrogen and oxygen atoms in total. The van der Waals surface area contributed by atoms with Gasteiger partial charge in [0.1, 0.15) is 0 Å². The van der Waals surface area contributed by atoms with Gasteiger partial charge >= 0.3 is 6.36 Å². The van der Waals surface area contributed by atoms with Crippen molar-refractivity contribution in [3.8, 4) is 0 Å². The molecule has 2 atom stereocenters. The highest BCUT2D eigenvalue weighted by Crippen LogP contribution is 2.26. The number of rotatable bonds is 16. The summed E-state index contributed by atoms with van der Waals surface area (Å²) in [4.78, 5) is 17.4. The second kappa shape index (κ2) is 16.5. The number of amides is 1. The number of carbonyl (C=O) groups is 1. The van der Waals surface area contributed by atoms with Gasteiger partial charge in [-0.15, -0.1) is 13.2 Å². The molecule has 0 aromatic heterocycles. The number of carbonyl (C=O) groups excluding carboxylic acids is 1. The summed E-state index contributed by atoms with van der Waals surface area (Å²) in [5, 5.41) is 4.38. The summed E-state index contributed by atoms with van der Waals surface area (Å²) in [5.41, 5.74) is 1.89.